The summed E-state index contributed by atoms with van der Waals surface area (Å²) in [7, 11) is 0. The molecule has 2 amide bonds. The number of hydrogen-bond acceptors (Lipinski definition) is 5. The first-order valence-corrected chi connectivity index (χ1v) is 11.4. The van der Waals surface area contributed by atoms with Crippen LogP contribution in [-0.4, -0.2) is 66.5 Å². The minimum Gasteiger partial charge on any atom is -0.333 e. The maximum atomic E-state index is 13.3. The highest BCUT2D eigenvalue weighted by Gasteiger charge is 2.40. The number of rotatable bonds is 4. The number of pyridine rings is 1. The van der Waals surface area contributed by atoms with E-state index in [-0.39, 0.29) is 17.6 Å². The van der Waals surface area contributed by atoms with Crippen molar-refractivity contribution < 1.29 is 9.59 Å². The van der Waals surface area contributed by atoms with Crippen molar-refractivity contribution in [1.82, 2.24) is 29.5 Å². The SMILES string of the molecule is Cc1cccc(-n2cnc(C(=O)N3CCN(C(=O)c4cccc(C5CC5)n4)CC3(C)C)n2)c1. The van der Waals surface area contributed by atoms with Gasteiger partial charge in [-0.25, -0.2) is 14.6 Å². The molecule has 0 atom stereocenters. The summed E-state index contributed by atoms with van der Waals surface area (Å²) in [5.74, 6) is 0.339. The quantitative estimate of drug-likeness (QED) is 0.617. The molecule has 0 N–H and O–H groups in total. The van der Waals surface area contributed by atoms with Crippen molar-refractivity contribution in [3.63, 3.8) is 0 Å². The molecule has 2 aromatic heterocycles. The van der Waals surface area contributed by atoms with Gasteiger partial charge in [0.05, 0.1) is 11.2 Å². The fourth-order valence-corrected chi connectivity index (χ4v) is 4.42. The average Bonchev–Trinajstić information content (AvgIpc) is 3.54. The Morgan fingerprint density at radius 2 is 1.82 bits per heavy atom. The molecule has 3 aromatic rings. The number of amides is 2. The van der Waals surface area contributed by atoms with E-state index < -0.39 is 5.54 Å². The molecule has 1 aromatic carbocycles. The number of carbonyl (C=O) groups excluding carboxylic acids is 2. The number of aryl methyl sites for hydroxylation is 1. The van der Waals surface area contributed by atoms with Gasteiger partial charge >= 0.3 is 0 Å². The second-order valence-electron chi connectivity index (χ2n) is 9.57. The topological polar surface area (TPSA) is 84.2 Å². The number of benzene rings is 1. The number of carbonyl (C=O) groups is 2. The van der Waals surface area contributed by atoms with Crippen molar-refractivity contribution in [2.75, 3.05) is 19.6 Å². The Labute approximate surface area is 193 Å². The number of hydrogen-bond donors (Lipinski definition) is 0. The Balaban J connectivity index is 1.30. The minimum absolute atomic E-state index is 0.0838. The van der Waals surface area contributed by atoms with Gasteiger partial charge in [-0.05, 0) is 63.4 Å². The van der Waals surface area contributed by atoms with Crippen LogP contribution in [0.5, 0.6) is 0 Å². The highest BCUT2D eigenvalue weighted by Crippen LogP contribution is 2.39. The molecule has 170 valence electrons. The van der Waals surface area contributed by atoms with Crippen molar-refractivity contribution in [2.45, 2.75) is 45.1 Å². The smallest absolute Gasteiger partial charge is 0.294 e. The van der Waals surface area contributed by atoms with Crippen LogP contribution in [0.4, 0.5) is 0 Å². The maximum absolute atomic E-state index is 13.3. The predicted octanol–water partition coefficient (Wildman–Crippen LogP) is 3.22. The van der Waals surface area contributed by atoms with Crippen molar-refractivity contribution in [2.24, 2.45) is 0 Å². The van der Waals surface area contributed by atoms with Crippen LogP contribution in [0.2, 0.25) is 0 Å². The molecule has 1 aliphatic carbocycles. The third-order valence-electron chi connectivity index (χ3n) is 6.37. The van der Waals surface area contributed by atoms with E-state index >= 15 is 0 Å². The molecule has 0 unspecified atom stereocenters. The third kappa shape index (κ3) is 4.25. The Morgan fingerprint density at radius 1 is 1.03 bits per heavy atom. The zero-order chi connectivity index (χ0) is 23.2. The Morgan fingerprint density at radius 3 is 2.55 bits per heavy atom. The fraction of sp³-hybridized carbons (Fsp3) is 0.400. The van der Waals surface area contributed by atoms with Gasteiger partial charge in [-0.2, -0.15) is 0 Å². The van der Waals surface area contributed by atoms with Crippen LogP contribution < -0.4 is 0 Å². The first kappa shape index (κ1) is 21.3. The van der Waals surface area contributed by atoms with Crippen LogP contribution >= 0.6 is 0 Å². The number of aromatic nitrogens is 4. The molecule has 0 bridgehead atoms. The van der Waals surface area contributed by atoms with Crippen LogP contribution in [0.25, 0.3) is 5.69 Å². The van der Waals surface area contributed by atoms with Gasteiger partial charge in [0.1, 0.15) is 12.0 Å². The van der Waals surface area contributed by atoms with Crippen LogP contribution in [-0.2, 0) is 0 Å². The lowest BCUT2D eigenvalue weighted by molar-refractivity contribution is 0.0158. The van der Waals surface area contributed by atoms with Crippen LogP contribution in [0.1, 0.15) is 65.0 Å². The summed E-state index contributed by atoms with van der Waals surface area (Å²) < 4.78 is 1.62. The summed E-state index contributed by atoms with van der Waals surface area (Å²) >= 11 is 0. The molecule has 8 heteroatoms. The first-order valence-electron chi connectivity index (χ1n) is 11.4. The Bertz CT molecular complexity index is 1210. The van der Waals surface area contributed by atoms with E-state index in [0.717, 1.165) is 29.8 Å². The molecule has 3 heterocycles. The first-order chi connectivity index (χ1) is 15.8. The van der Waals surface area contributed by atoms with Crippen LogP contribution in [0.3, 0.4) is 0 Å². The number of piperazine rings is 1. The summed E-state index contributed by atoms with van der Waals surface area (Å²) in [5, 5.41) is 4.42. The largest absolute Gasteiger partial charge is 0.333 e. The van der Waals surface area contributed by atoms with E-state index in [4.69, 9.17) is 0 Å². The lowest BCUT2D eigenvalue weighted by atomic mass is 9.98. The molecular weight excluding hydrogens is 416 g/mol. The van der Waals surface area contributed by atoms with Gasteiger partial charge in [0, 0.05) is 31.2 Å². The molecule has 0 radical (unpaired) electrons. The lowest BCUT2D eigenvalue weighted by Gasteiger charge is -2.46. The monoisotopic (exact) mass is 444 g/mol. The second kappa shape index (κ2) is 8.10. The molecule has 1 aliphatic heterocycles. The van der Waals surface area contributed by atoms with Crippen molar-refractivity contribution >= 4 is 11.8 Å². The molecule has 1 saturated heterocycles. The summed E-state index contributed by atoms with van der Waals surface area (Å²) in [6.45, 7) is 7.23. The van der Waals surface area contributed by atoms with Gasteiger partial charge in [-0.1, -0.05) is 18.2 Å². The summed E-state index contributed by atoms with van der Waals surface area (Å²) in [5.41, 5.74) is 2.89. The predicted molar refractivity (Wildman–Crippen MR) is 123 cm³/mol. The lowest BCUT2D eigenvalue weighted by Crippen LogP contribution is -2.62. The average molecular weight is 445 g/mol. The molecular formula is C25H28N6O2. The van der Waals surface area contributed by atoms with Crippen LogP contribution in [0.15, 0.2) is 48.8 Å². The van der Waals surface area contributed by atoms with E-state index in [1.807, 2.05) is 57.2 Å². The normalized spacial score (nSPS) is 17.8. The zero-order valence-corrected chi connectivity index (χ0v) is 19.2. The van der Waals surface area contributed by atoms with Gasteiger partial charge in [0.2, 0.25) is 5.82 Å². The van der Waals surface area contributed by atoms with E-state index in [0.29, 0.717) is 31.2 Å². The van der Waals surface area contributed by atoms with Gasteiger partial charge in [0.25, 0.3) is 11.8 Å². The second-order valence-corrected chi connectivity index (χ2v) is 9.57. The minimum atomic E-state index is -0.562. The molecule has 1 saturated carbocycles. The van der Waals surface area contributed by atoms with Gasteiger partial charge in [-0.3, -0.25) is 9.59 Å². The maximum Gasteiger partial charge on any atom is 0.294 e. The molecule has 2 fully saturated rings. The highest BCUT2D eigenvalue weighted by molar-refractivity contribution is 5.94. The summed E-state index contributed by atoms with van der Waals surface area (Å²) in [6.07, 6.45) is 3.85. The Kier molecular flexibility index (Phi) is 5.23. The van der Waals surface area contributed by atoms with Crippen molar-refractivity contribution in [3.8, 4) is 5.69 Å². The standard InChI is InChI=1S/C25H28N6O2/c1-17-6-4-7-19(14-17)31-16-26-22(28-31)24(33)30-13-12-29(15-25(30,2)3)23(32)21-9-5-8-20(27-21)18-10-11-18/h4-9,14,16,18H,10-13,15H2,1-3H3. The van der Waals surface area contributed by atoms with E-state index in [2.05, 4.69) is 15.1 Å². The molecule has 0 spiro atoms. The van der Waals surface area contributed by atoms with E-state index in [1.165, 1.54) is 0 Å². The molecule has 8 nitrogen and oxygen atoms in total. The molecule has 2 aliphatic rings. The summed E-state index contributed by atoms with van der Waals surface area (Å²) in [4.78, 5) is 38.8. The van der Waals surface area contributed by atoms with Crippen molar-refractivity contribution in [1.29, 1.82) is 0 Å². The van der Waals surface area contributed by atoms with Crippen molar-refractivity contribution in [3.05, 3.63) is 71.6 Å². The Hall–Kier alpha value is -3.55. The molecule has 5 rings (SSSR count). The van der Waals surface area contributed by atoms with Gasteiger partial charge in [0.15, 0.2) is 0 Å². The van der Waals surface area contributed by atoms with Gasteiger partial charge < -0.3 is 9.80 Å². The fourth-order valence-electron chi connectivity index (χ4n) is 4.42. The number of nitrogens with zero attached hydrogens (tertiary/aromatic N) is 6. The molecule has 33 heavy (non-hydrogen) atoms. The zero-order valence-electron chi connectivity index (χ0n) is 19.2. The van der Waals surface area contributed by atoms with E-state index in [9.17, 15) is 9.59 Å². The van der Waals surface area contributed by atoms with E-state index in [1.54, 1.807) is 26.9 Å². The summed E-state index contributed by atoms with van der Waals surface area (Å²) in [6, 6.07) is 13.6. The van der Waals surface area contributed by atoms with Crippen LogP contribution in [0, 0.1) is 6.92 Å². The van der Waals surface area contributed by atoms with Gasteiger partial charge in [-0.15, -0.1) is 5.10 Å². The highest BCUT2D eigenvalue weighted by atomic mass is 16.2. The third-order valence-corrected chi connectivity index (χ3v) is 6.37.